The minimum atomic E-state index is -0.674. The SMILES string of the molecule is Cc1nn(C)c(C(=O)NCC(O)CC(C)C)c1[N+](=O)[O-]. The average Bonchev–Trinajstić information content (AvgIpc) is 2.60. The first-order chi connectivity index (χ1) is 9.23. The summed E-state index contributed by atoms with van der Waals surface area (Å²) in [6, 6.07) is 0. The van der Waals surface area contributed by atoms with Crippen LogP contribution < -0.4 is 5.32 Å². The van der Waals surface area contributed by atoms with Crippen LogP contribution in [0.4, 0.5) is 5.69 Å². The second-order valence-corrected chi connectivity index (χ2v) is 5.16. The second kappa shape index (κ2) is 6.47. The highest BCUT2D eigenvalue weighted by atomic mass is 16.6. The topological polar surface area (TPSA) is 110 Å². The van der Waals surface area contributed by atoms with E-state index in [0.717, 1.165) is 0 Å². The molecule has 0 saturated carbocycles. The van der Waals surface area contributed by atoms with Gasteiger partial charge in [0.05, 0.1) is 11.0 Å². The van der Waals surface area contributed by atoms with Crippen LogP contribution in [0.5, 0.6) is 0 Å². The molecule has 1 amide bonds. The number of nitro groups is 1. The van der Waals surface area contributed by atoms with Crippen LogP contribution in [0.1, 0.15) is 36.5 Å². The van der Waals surface area contributed by atoms with E-state index in [-0.39, 0.29) is 23.6 Å². The molecule has 8 nitrogen and oxygen atoms in total. The van der Waals surface area contributed by atoms with Gasteiger partial charge in [0.25, 0.3) is 5.91 Å². The lowest BCUT2D eigenvalue weighted by Gasteiger charge is -2.13. The maximum Gasteiger partial charge on any atom is 0.322 e. The number of aliphatic hydroxyl groups is 1. The first-order valence-electron chi connectivity index (χ1n) is 6.38. The van der Waals surface area contributed by atoms with Crippen molar-refractivity contribution in [1.29, 1.82) is 0 Å². The second-order valence-electron chi connectivity index (χ2n) is 5.16. The van der Waals surface area contributed by atoms with E-state index in [1.165, 1.54) is 18.7 Å². The van der Waals surface area contributed by atoms with Gasteiger partial charge in [-0.1, -0.05) is 13.8 Å². The molecule has 0 aliphatic carbocycles. The van der Waals surface area contributed by atoms with E-state index in [1.807, 2.05) is 13.8 Å². The van der Waals surface area contributed by atoms with Crippen molar-refractivity contribution in [2.45, 2.75) is 33.3 Å². The minimum Gasteiger partial charge on any atom is -0.391 e. The van der Waals surface area contributed by atoms with Crippen molar-refractivity contribution in [3.05, 3.63) is 21.5 Å². The van der Waals surface area contributed by atoms with Gasteiger partial charge in [-0.05, 0) is 19.3 Å². The first kappa shape index (κ1) is 16.1. The lowest BCUT2D eigenvalue weighted by atomic mass is 10.1. The zero-order valence-corrected chi connectivity index (χ0v) is 12.1. The summed E-state index contributed by atoms with van der Waals surface area (Å²) in [5.74, 6) is -0.308. The highest BCUT2D eigenvalue weighted by molar-refractivity contribution is 5.96. The normalized spacial score (nSPS) is 12.5. The molecule has 0 saturated heterocycles. The summed E-state index contributed by atoms with van der Waals surface area (Å²) in [4.78, 5) is 22.4. The van der Waals surface area contributed by atoms with E-state index in [2.05, 4.69) is 10.4 Å². The van der Waals surface area contributed by atoms with Gasteiger partial charge in [0, 0.05) is 13.6 Å². The lowest BCUT2D eigenvalue weighted by molar-refractivity contribution is -0.385. The van der Waals surface area contributed by atoms with Crippen LogP contribution in [-0.2, 0) is 7.05 Å². The number of aliphatic hydroxyl groups excluding tert-OH is 1. The largest absolute Gasteiger partial charge is 0.391 e. The van der Waals surface area contributed by atoms with Gasteiger partial charge in [-0.15, -0.1) is 0 Å². The number of amides is 1. The number of hydrogen-bond acceptors (Lipinski definition) is 5. The van der Waals surface area contributed by atoms with Crippen molar-refractivity contribution >= 4 is 11.6 Å². The molecule has 0 fully saturated rings. The Kier molecular flexibility index (Phi) is 5.20. The van der Waals surface area contributed by atoms with E-state index in [9.17, 15) is 20.0 Å². The third-order valence-corrected chi connectivity index (χ3v) is 2.83. The Morgan fingerprint density at radius 1 is 1.55 bits per heavy atom. The number of rotatable bonds is 6. The Morgan fingerprint density at radius 3 is 2.65 bits per heavy atom. The van der Waals surface area contributed by atoms with Gasteiger partial charge >= 0.3 is 5.69 Å². The Hall–Kier alpha value is -1.96. The summed E-state index contributed by atoms with van der Waals surface area (Å²) in [6.07, 6.45) is -0.125. The number of carbonyl (C=O) groups excluding carboxylic acids is 1. The molecule has 0 aliphatic rings. The summed E-state index contributed by atoms with van der Waals surface area (Å²) in [6.45, 7) is 5.45. The number of hydrogen-bond donors (Lipinski definition) is 2. The third-order valence-electron chi connectivity index (χ3n) is 2.83. The molecule has 8 heteroatoms. The predicted octanol–water partition coefficient (Wildman–Crippen LogP) is 0.774. The lowest BCUT2D eigenvalue weighted by Crippen LogP contribution is -2.34. The zero-order chi connectivity index (χ0) is 15.4. The fourth-order valence-electron chi connectivity index (χ4n) is 2.04. The molecule has 0 radical (unpaired) electrons. The molecule has 1 rings (SSSR count). The number of aromatic nitrogens is 2. The van der Waals surface area contributed by atoms with Gasteiger partial charge in [0.1, 0.15) is 5.69 Å². The fourth-order valence-corrected chi connectivity index (χ4v) is 2.04. The van der Waals surface area contributed by atoms with Crippen LogP contribution in [-0.4, -0.2) is 38.4 Å². The van der Waals surface area contributed by atoms with Crippen LogP contribution in [0.3, 0.4) is 0 Å². The molecule has 0 aliphatic heterocycles. The molecule has 112 valence electrons. The Bertz CT molecular complexity index is 510. The van der Waals surface area contributed by atoms with Gasteiger partial charge in [0.15, 0.2) is 0 Å². The molecule has 2 N–H and O–H groups in total. The van der Waals surface area contributed by atoms with Gasteiger partial charge in [-0.2, -0.15) is 5.10 Å². The van der Waals surface area contributed by atoms with Gasteiger partial charge in [-0.25, -0.2) is 0 Å². The van der Waals surface area contributed by atoms with Gasteiger partial charge < -0.3 is 10.4 Å². The predicted molar refractivity (Wildman–Crippen MR) is 72.4 cm³/mol. The molecule has 1 aromatic heterocycles. The molecule has 0 aromatic carbocycles. The molecule has 20 heavy (non-hydrogen) atoms. The summed E-state index contributed by atoms with van der Waals surface area (Å²) in [5.41, 5.74) is -0.224. The van der Waals surface area contributed by atoms with E-state index >= 15 is 0 Å². The van der Waals surface area contributed by atoms with Crippen molar-refractivity contribution in [1.82, 2.24) is 15.1 Å². The highest BCUT2D eigenvalue weighted by Crippen LogP contribution is 2.21. The monoisotopic (exact) mass is 284 g/mol. The van der Waals surface area contributed by atoms with Crippen molar-refractivity contribution in [2.75, 3.05) is 6.54 Å². The Morgan fingerprint density at radius 2 is 2.15 bits per heavy atom. The minimum absolute atomic E-state index is 0.0540. The molecule has 1 aromatic rings. The molecular formula is C12H20N4O4. The summed E-state index contributed by atoms with van der Waals surface area (Å²) < 4.78 is 1.18. The van der Waals surface area contributed by atoms with E-state index in [0.29, 0.717) is 12.3 Å². The smallest absolute Gasteiger partial charge is 0.322 e. The number of carbonyl (C=O) groups is 1. The van der Waals surface area contributed by atoms with Crippen LogP contribution in [0, 0.1) is 23.0 Å². The average molecular weight is 284 g/mol. The molecule has 1 atom stereocenters. The fraction of sp³-hybridized carbons (Fsp3) is 0.667. The highest BCUT2D eigenvalue weighted by Gasteiger charge is 2.29. The van der Waals surface area contributed by atoms with Crippen molar-refractivity contribution in [2.24, 2.45) is 13.0 Å². The van der Waals surface area contributed by atoms with Crippen LogP contribution in [0.2, 0.25) is 0 Å². The Balaban J connectivity index is 2.81. The van der Waals surface area contributed by atoms with Crippen molar-refractivity contribution in [3.8, 4) is 0 Å². The standard InChI is InChI=1S/C12H20N4O4/c1-7(2)5-9(17)6-13-12(18)11-10(16(19)20)8(3)14-15(11)4/h7,9,17H,5-6H2,1-4H3,(H,13,18). The maximum absolute atomic E-state index is 12.0. The zero-order valence-electron chi connectivity index (χ0n) is 12.1. The first-order valence-corrected chi connectivity index (χ1v) is 6.38. The number of nitrogens with one attached hydrogen (secondary N) is 1. The van der Waals surface area contributed by atoms with Crippen LogP contribution >= 0.6 is 0 Å². The molecule has 0 bridgehead atoms. The third kappa shape index (κ3) is 3.77. The van der Waals surface area contributed by atoms with E-state index < -0.39 is 16.9 Å². The van der Waals surface area contributed by atoms with Crippen LogP contribution in [0.25, 0.3) is 0 Å². The summed E-state index contributed by atoms with van der Waals surface area (Å²) >= 11 is 0. The van der Waals surface area contributed by atoms with E-state index in [4.69, 9.17) is 0 Å². The van der Waals surface area contributed by atoms with Crippen LogP contribution in [0.15, 0.2) is 0 Å². The molecule has 1 heterocycles. The molecule has 1 unspecified atom stereocenters. The quantitative estimate of drug-likeness (QED) is 0.592. The molecule has 0 spiro atoms. The van der Waals surface area contributed by atoms with E-state index in [1.54, 1.807) is 0 Å². The maximum atomic E-state index is 12.0. The van der Waals surface area contributed by atoms with Crippen molar-refractivity contribution < 1.29 is 14.8 Å². The van der Waals surface area contributed by atoms with Gasteiger partial charge in [-0.3, -0.25) is 19.6 Å². The Labute approximate surface area is 116 Å². The summed E-state index contributed by atoms with van der Waals surface area (Å²) in [5, 5.41) is 27.0. The summed E-state index contributed by atoms with van der Waals surface area (Å²) in [7, 11) is 1.47. The number of nitrogens with zero attached hydrogens (tertiary/aromatic N) is 3. The van der Waals surface area contributed by atoms with Gasteiger partial charge in [0.2, 0.25) is 5.69 Å². The number of aryl methyl sites for hydroxylation is 2. The van der Waals surface area contributed by atoms with Crippen molar-refractivity contribution in [3.63, 3.8) is 0 Å². The molecular weight excluding hydrogens is 264 g/mol.